The van der Waals surface area contributed by atoms with Gasteiger partial charge < -0.3 is 19.5 Å². The second-order valence-electron chi connectivity index (χ2n) is 7.01. The number of hydrogen-bond donors (Lipinski definition) is 1. The highest BCUT2D eigenvalue weighted by molar-refractivity contribution is 14.1. The summed E-state index contributed by atoms with van der Waals surface area (Å²) in [5.74, 6) is 0.0424. The van der Waals surface area contributed by atoms with Crippen molar-refractivity contribution in [2.75, 3.05) is 19.0 Å². The Kier molecular flexibility index (Phi) is 9.11. The first kappa shape index (κ1) is 26.1. The van der Waals surface area contributed by atoms with Crippen molar-refractivity contribution in [1.82, 2.24) is 0 Å². The molecule has 0 spiro atoms. The third-order valence-electron chi connectivity index (χ3n) is 4.63. The molecule has 0 atom stereocenters. The molecule has 0 unspecified atom stereocenters. The van der Waals surface area contributed by atoms with E-state index in [-0.39, 0.29) is 11.3 Å². The third kappa shape index (κ3) is 6.97. The number of rotatable bonds is 8. The topological polar surface area (TPSA) is 97.6 Å². The molecule has 1 amide bonds. The molecule has 0 fully saturated rings. The first-order valence-corrected chi connectivity index (χ1v) is 11.8. The van der Waals surface area contributed by atoms with Gasteiger partial charge in [-0.3, -0.25) is 4.79 Å². The molecule has 0 aromatic heterocycles. The molecule has 1 N–H and O–H groups in total. The molecule has 3 rings (SSSR count). The van der Waals surface area contributed by atoms with E-state index in [0.29, 0.717) is 43.5 Å². The molecule has 0 saturated carbocycles. The van der Waals surface area contributed by atoms with Crippen molar-refractivity contribution >= 4 is 57.8 Å². The number of nitriles is 1. The van der Waals surface area contributed by atoms with E-state index in [2.05, 4.69) is 5.32 Å². The molecule has 9 heteroatoms. The smallest absolute Gasteiger partial charge is 0.343 e. The predicted molar refractivity (Wildman–Crippen MR) is 142 cm³/mol. The van der Waals surface area contributed by atoms with Crippen LogP contribution in [0.5, 0.6) is 17.2 Å². The second kappa shape index (κ2) is 12.2. The number of carbonyl (C=O) groups excluding carboxylic acids is 2. The monoisotopic (exact) mass is 602 g/mol. The van der Waals surface area contributed by atoms with Gasteiger partial charge in [-0.05, 0) is 102 Å². The molecule has 35 heavy (non-hydrogen) atoms. The highest BCUT2D eigenvalue weighted by Crippen LogP contribution is 2.35. The molecular formula is C26H20ClIN2O5. The van der Waals surface area contributed by atoms with Crippen LogP contribution in [-0.2, 0) is 4.79 Å². The fraction of sp³-hybridized carbons (Fsp3) is 0.115. The maximum atomic E-state index is 12.7. The maximum absolute atomic E-state index is 12.7. The zero-order chi connectivity index (χ0) is 25.4. The first-order chi connectivity index (χ1) is 16.8. The Bertz CT molecular complexity index is 1300. The Labute approximate surface area is 221 Å². The fourth-order valence-electron chi connectivity index (χ4n) is 2.96. The summed E-state index contributed by atoms with van der Waals surface area (Å²) in [6.07, 6.45) is 1.44. The van der Waals surface area contributed by atoms with Crippen LogP contribution in [0.3, 0.4) is 0 Å². The Hall–Kier alpha value is -3.55. The highest BCUT2D eigenvalue weighted by atomic mass is 127. The number of amides is 1. The van der Waals surface area contributed by atoms with E-state index in [4.69, 9.17) is 25.8 Å². The van der Waals surface area contributed by atoms with Gasteiger partial charge in [0.25, 0.3) is 5.91 Å². The fourth-order valence-corrected chi connectivity index (χ4v) is 3.82. The molecule has 0 aliphatic rings. The van der Waals surface area contributed by atoms with Crippen LogP contribution in [0.4, 0.5) is 5.69 Å². The quantitative estimate of drug-likeness (QED) is 0.110. The summed E-state index contributed by atoms with van der Waals surface area (Å²) in [6.45, 7) is 2.11. The summed E-state index contributed by atoms with van der Waals surface area (Å²) < 4.78 is 17.0. The van der Waals surface area contributed by atoms with Gasteiger partial charge in [0.15, 0.2) is 11.5 Å². The number of anilines is 1. The molecular weight excluding hydrogens is 583 g/mol. The number of nitrogens with one attached hydrogen (secondary N) is 1. The number of halogens is 2. The van der Waals surface area contributed by atoms with E-state index in [1.807, 2.05) is 28.7 Å². The van der Waals surface area contributed by atoms with Gasteiger partial charge in [-0.1, -0.05) is 11.6 Å². The number of nitrogens with zero attached hydrogens (tertiary/aromatic N) is 1. The van der Waals surface area contributed by atoms with E-state index >= 15 is 0 Å². The minimum Gasteiger partial charge on any atom is -0.497 e. The van der Waals surface area contributed by atoms with Gasteiger partial charge in [-0.2, -0.15) is 5.26 Å². The van der Waals surface area contributed by atoms with Gasteiger partial charge in [0.05, 0.1) is 22.9 Å². The molecule has 0 heterocycles. The Morgan fingerprint density at radius 2 is 1.80 bits per heavy atom. The van der Waals surface area contributed by atoms with Crippen LogP contribution in [0.2, 0.25) is 5.02 Å². The molecule has 0 aliphatic carbocycles. The average Bonchev–Trinajstić information content (AvgIpc) is 2.86. The van der Waals surface area contributed by atoms with Gasteiger partial charge in [-0.15, -0.1) is 0 Å². The van der Waals surface area contributed by atoms with E-state index < -0.39 is 11.9 Å². The molecule has 0 bridgehead atoms. The number of benzene rings is 3. The Morgan fingerprint density at radius 3 is 2.40 bits per heavy atom. The molecule has 0 saturated heterocycles. The van der Waals surface area contributed by atoms with Crippen molar-refractivity contribution in [3.05, 3.63) is 86.0 Å². The van der Waals surface area contributed by atoms with Crippen LogP contribution in [0.25, 0.3) is 6.08 Å². The van der Waals surface area contributed by atoms with Crippen molar-refractivity contribution in [3.63, 3.8) is 0 Å². The summed E-state index contributed by atoms with van der Waals surface area (Å²) in [6, 6.07) is 18.3. The standard InChI is InChI=1S/C26H20ClIN2O5/c1-3-34-23-14-16(12-18(15-29)25(31)30-20-8-6-19(27)7-9-20)13-22(28)24(23)35-26(32)17-4-10-21(33-2)11-5-17/h4-14H,3H2,1-2H3,(H,30,31)/b18-12+. The molecule has 3 aromatic rings. The van der Waals surface area contributed by atoms with Crippen molar-refractivity contribution < 1.29 is 23.8 Å². The summed E-state index contributed by atoms with van der Waals surface area (Å²) in [5, 5.41) is 12.7. The highest BCUT2D eigenvalue weighted by Gasteiger charge is 2.18. The summed E-state index contributed by atoms with van der Waals surface area (Å²) in [5.41, 5.74) is 1.27. The van der Waals surface area contributed by atoms with Gasteiger partial charge in [0.2, 0.25) is 0 Å². The predicted octanol–water partition coefficient (Wildman–Crippen LogP) is 6.12. The van der Waals surface area contributed by atoms with Crippen molar-refractivity contribution in [1.29, 1.82) is 5.26 Å². The molecule has 0 aliphatic heterocycles. The zero-order valence-corrected chi connectivity index (χ0v) is 21.7. The van der Waals surface area contributed by atoms with Gasteiger partial charge in [0.1, 0.15) is 17.4 Å². The summed E-state index contributed by atoms with van der Waals surface area (Å²) >= 11 is 7.88. The van der Waals surface area contributed by atoms with Crippen LogP contribution < -0.4 is 19.5 Å². The Morgan fingerprint density at radius 1 is 1.11 bits per heavy atom. The first-order valence-electron chi connectivity index (χ1n) is 10.4. The van der Waals surface area contributed by atoms with Crippen molar-refractivity contribution in [3.8, 4) is 23.3 Å². The lowest BCUT2D eigenvalue weighted by atomic mass is 10.1. The van der Waals surface area contributed by atoms with Crippen LogP contribution in [0.15, 0.2) is 66.2 Å². The third-order valence-corrected chi connectivity index (χ3v) is 5.68. The number of esters is 1. The Balaban J connectivity index is 1.86. The molecule has 178 valence electrons. The zero-order valence-electron chi connectivity index (χ0n) is 18.8. The minimum absolute atomic E-state index is 0.110. The van der Waals surface area contributed by atoms with Crippen LogP contribution in [0, 0.1) is 14.9 Å². The van der Waals surface area contributed by atoms with Crippen molar-refractivity contribution in [2.45, 2.75) is 6.92 Å². The molecule has 3 aromatic carbocycles. The van der Waals surface area contributed by atoms with Crippen molar-refractivity contribution in [2.24, 2.45) is 0 Å². The number of hydrogen-bond acceptors (Lipinski definition) is 6. The minimum atomic E-state index is -0.571. The van der Waals surface area contributed by atoms with Gasteiger partial charge in [0, 0.05) is 10.7 Å². The average molecular weight is 603 g/mol. The maximum Gasteiger partial charge on any atom is 0.343 e. The summed E-state index contributed by atoms with van der Waals surface area (Å²) in [4.78, 5) is 25.3. The van der Waals surface area contributed by atoms with E-state index in [0.717, 1.165) is 0 Å². The van der Waals surface area contributed by atoms with Crippen LogP contribution >= 0.6 is 34.2 Å². The lowest BCUT2D eigenvalue weighted by Crippen LogP contribution is -2.13. The number of carbonyl (C=O) groups is 2. The van der Waals surface area contributed by atoms with E-state index in [1.54, 1.807) is 74.7 Å². The van der Waals surface area contributed by atoms with Gasteiger partial charge >= 0.3 is 5.97 Å². The van der Waals surface area contributed by atoms with E-state index in [9.17, 15) is 14.9 Å². The van der Waals surface area contributed by atoms with Crippen LogP contribution in [-0.4, -0.2) is 25.6 Å². The van der Waals surface area contributed by atoms with E-state index in [1.165, 1.54) is 6.08 Å². The number of ether oxygens (including phenoxy) is 3. The second-order valence-corrected chi connectivity index (χ2v) is 8.61. The molecule has 7 nitrogen and oxygen atoms in total. The normalized spacial score (nSPS) is 10.8. The largest absolute Gasteiger partial charge is 0.497 e. The van der Waals surface area contributed by atoms with Crippen LogP contribution in [0.1, 0.15) is 22.8 Å². The number of methoxy groups -OCH3 is 1. The lowest BCUT2D eigenvalue weighted by Gasteiger charge is -2.14. The molecule has 0 radical (unpaired) electrons. The SMILES string of the molecule is CCOc1cc(/C=C(\C#N)C(=O)Nc2ccc(Cl)cc2)cc(I)c1OC(=O)c1ccc(OC)cc1. The summed E-state index contributed by atoms with van der Waals surface area (Å²) in [7, 11) is 1.54. The lowest BCUT2D eigenvalue weighted by molar-refractivity contribution is -0.112. The van der Waals surface area contributed by atoms with Gasteiger partial charge in [-0.25, -0.2) is 4.79 Å².